The minimum atomic E-state index is -3.63. The molecule has 0 spiro atoms. The molecule has 2 rings (SSSR count). The van der Waals surface area contributed by atoms with Gasteiger partial charge in [0.2, 0.25) is 10.0 Å². The van der Waals surface area contributed by atoms with Gasteiger partial charge in [-0.1, -0.05) is 36.7 Å². The summed E-state index contributed by atoms with van der Waals surface area (Å²) in [6.45, 7) is 2.11. The number of carbonyl (C=O) groups is 1. The van der Waals surface area contributed by atoms with Crippen molar-refractivity contribution in [1.82, 2.24) is 10.0 Å². The Hall–Kier alpha value is -2.09. The van der Waals surface area contributed by atoms with Gasteiger partial charge in [0.05, 0.1) is 4.90 Å². The van der Waals surface area contributed by atoms with Gasteiger partial charge < -0.3 is 10.1 Å². The topological polar surface area (TPSA) is 84.5 Å². The van der Waals surface area contributed by atoms with E-state index in [4.69, 9.17) is 16.3 Å². The van der Waals surface area contributed by atoms with E-state index < -0.39 is 10.0 Å². The van der Waals surface area contributed by atoms with Gasteiger partial charge in [0, 0.05) is 18.1 Å². The Morgan fingerprint density at radius 2 is 1.77 bits per heavy atom. The first kappa shape index (κ1) is 20.2. The van der Waals surface area contributed by atoms with Gasteiger partial charge in [-0.3, -0.25) is 4.79 Å². The van der Waals surface area contributed by atoms with Gasteiger partial charge in [-0.05, 0) is 42.3 Å². The van der Waals surface area contributed by atoms with Crippen LogP contribution in [0.4, 0.5) is 0 Å². The summed E-state index contributed by atoms with van der Waals surface area (Å²) in [6, 6.07) is 13.4. The molecule has 0 aliphatic carbocycles. The van der Waals surface area contributed by atoms with Crippen molar-refractivity contribution in [3.8, 4) is 5.75 Å². The van der Waals surface area contributed by atoms with Crippen LogP contribution in [0.2, 0.25) is 5.02 Å². The maximum atomic E-state index is 12.1. The van der Waals surface area contributed by atoms with Gasteiger partial charge in [0.25, 0.3) is 5.91 Å². The summed E-state index contributed by atoms with van der Waals surface area (Å²) < 4.78 is 32.1. The molecule has 8 heteroatoms. The molecule has 0 unspecified atom stereocenters. The molecule has 0 saturated heterocycles. The minimum Gasteiger partial charge on any atom is -0.483 e. The number of aryl methyl sites for hydroxylation is 1. The van der Waals surface area contributed by atoms with Gasteiger partial charge >= 0.3 is 0 Å². The van der Waals surface area contributed by atoms with Crippen molar-refractivity contribution >= 4 is 27.5 Å². The Bertz CT molecular complexity index is 839. The lowest BCUT2D eigenvalue weighted by atomic mass is 10.1. The largest absolute Gasteiger partial charge is 0.483 e. The van der Waals surface area contributed by atoms with E-state index >= 15 is 0 Å². The van der Waals surface area contributed by atoms with Crippen molar-refractivity contribution in [3.05, 3.63) is 59.1 Å². The number of amides is 1. The monoisotopic (exact) mass is 396 g/mol. The Labute approximate surface area is 158 Å². The third kappa shape index (κ3) is 6.01. The van der Waals surface area contributed by atoms with Crippen molar-refractivity contribution in [1.29, 1.82) is 0 Å². The van der Waals surface area contributed by atoms with Crippen LogP contribution in [0, 0.1) is 0 Å². The number of carbonyl (C=O) groups excluding carboxylic acids is 1. The molecule has 26 heavy (non-hydrogen) atoms. The van der Waals surface area contributed by atoms with Crippen molar-refractivity contribution in [2.24, 2.45) is 0 Å². The van der Waals surface area contributed by atoms with Gasteiger partial charge in [-0.25, -0.2) is 13.1 Å². The Balaban J connectivity index is 1.74. The van der Waals surface area contributed by atoms with Crippen LogP contribution in [0.5, 0.6) is 5.75 Å². The van der Waals surface area contributed by atoms with Crippen LogP contribution in [0.3, 0.4) is 0 Å². The zero-order valence-electron chi connectivity index (χ0n) is 14.4. The summed E-state index contributed by atoms with van der Waals surface area (Å²) in [5, 5.41) is 3.07. The number of hydrogen-bond acceptors (Lipinski definition) is 4. The first-order valence-corrected chi connectivity index (χ1v) is 10.0. The second-order valence-corrected chi connectivity index (χ2v) is 7.65. The molecule has 0 saturated carbocycles. The van der Waals surface area contributed by atoms with E-state index in [-0.39, 0.29) is 30.5 Å². The second-order valence-electron chi connectivity index (χ2n) is 5.45. The van der Waals surface area contributed by atoms with E-state index in [1.165, 1.54) is 24.3 Å². The number of hydrogen-bond donors (Lipinski definition) is 2. The van der Waals surface area contributed by atoms with E-state index in [9.17, 15) is 13.2 Å². The lowest BCUT2D eigenvalue weighted by Gasteiger charge is -2.11. The summed E-state index contributed by atoms with van der Waals surface area (Å²) in [5.41, 5.74) is 1.02. The third-order valence-corrected chi connectivity index (χ3v) is 5.30. The highest BCUT2D eigenvalue weighted by molar-refractivity contribution is 7.89. The molecule has 140 valence electrons. The number of para-hydroxylation sites is 1. The van der Waals surface area contributed by atoms with Crippen molar-refractivity contribution in [2.45, 2.75) is 18.2 Å². The Kier molecular flexibility index (Phi) is 7.44. The molecule has 2 aromatic rings. The average Bonchev–Trinajstić information content (AvgIpc) is 2.64. The molecule has 0 atom stereocenters. The molecule has 2 N–H and O–H groups in total. The van der Waals surface area contributed by atoms with E-state index in [2.05, 4.69) is 10.0 Å². The van der Waals surface area contributed by atoms with E-state index in [0.717, 1.165) is 12.0 Å². The number of rotatable bonds is 9. The molecule has 0 bridgehead atoms. The second kappa shape index (κ2) is 9.56. The molecule has 1 amide bonds. The van der Waals surface area contributed by atoms with Crippen LogP contribution in [-0.4, -0.2) is 34.0 Å². The average molecular weight is 397 g/mol. The number of benzene rings is 2. The minimum absolute atomic E-state index is 0.0717. The van der Waals surface area contributed by atoms with Crippen molar-refractivity contribution in [3.63, 3.8) is 0 Å². The molecule has 0 aliphatic rings. The fraction of sp³-hybridized carbons (Fsp3) is 0.278. The SMILES string of the molecule is CCc1ccccc1OCC(=O)NCCNS(=O)(=O)c1ccc(Cl)cc1. The van der Waals surface area contributed by atoms with E-state index in [1.54, 1.807) is 0 Å². The lowest BCUT2D eigenvalue weighted by Crippen LogP contribution is -2.36. The number of halogens is 1. The molecule has 6 nitrogen and oxygen atoms in total. The summed E-state index contributed by atoms with van der Waals surface area (Å²) in [5.74, 6) is 0.357. The fourth-order valence-electron chi connectivity index (χ4n) is 2.22. The molecular formula is C18H21ClN2O4S. The predicted molar refractivity (Wildman–Crippen MR) is 101 cm³/mol. The van der Waals surface area contributed by atoms with Gasteiger partial charge in [0.15, 0.2) is 6.61 Å². The summed E-state index contributed by atoms with van der Waals surface area (Å²) in [7, 11) is -3.63. The highest BCUT2D eigenvalue weighted by Gasteiger charge is 2.13. The highest BCUT2D eigenvalue weighted by atomic mass is 35.5. The standard InChI is InChI=1S/C18H21ClN2O4S/c1-2-14-5-3-4-6-17(14)25-13-18(22)20-11-12-21-26(23,24)16-9-7-15(19)8-10-16/h3-10,21H,2,11-13H2,1H3,(H,20,22). The van der Waals surface area contributed by atoms with Crippen LogP contribution >= 0.6 is 11.6 Å². The maximum absolute atomic E-state index is 12.1. The number of ether oxygens (including phenoxy) is 1. The quantitative estimate of drug-likeness (QED) is 0.637. The molecule has 0 fully saturated rings. The maximum Gasteiger partial charge on any atom is 0.257 e. The normalized spacial score (nSPS) is 11.2. The molecule has 0 heterocycles. The zero-order valence-corrected chi connectivity index (χ0v) is 15.9. The predicted octanol–water partition coefficient (Wildman–Crippen LogP) is 2.38. The van der Waals surface area contributed by atoms with E-state index in [1.807, 2.05) is 31.2 Å². The van der Waals surface area contributed by atoms with Crippen LogP contribution in [0.25, 0.3) is 0 Å². The van der Waals surface area contributed by atoms with Crippen LogP contribution in [0.15, 0.2) is 53.4 Å². The Morgan fingerprint density at radius 1 is 1.08 bits per heavy atom. The number of sulfonamides is 1. The number of nitrogens with one attached hydrogen (secondary N) is 2. The Morgan fingerprint density at radius 3 is 2.46 bits per heavy atom. The zero-order chi connectivity index (χ0) is 19.0. The molecule has 0 aromatic heterocycles. The van der Waals surface area contributed by atoms with Gasteiger partial charge in [-0.15, -0.1) is 0 Å². The van der Waals surface area contributed by atoms with Crippen LogP contribution < -0.4 is 14.8 Å². The highest BCUT2D eigenvalue weighted by Crippen LogP contribution is 2.18. The first-order chi connectivity index (χ1) is 12.4. The molecule has 0 radical (unpaired) electrons. The summed E-state index contributed by atoms with van der Waals surface area (Å²) >= 11 is 5.74. The van der Waals surface area contributed by atoms with Crippen molar-refractivity contribution in [2.75, 3.05) is 19.7 Å². The van der Waals surface area contributed by atoms with E-state index in [0.29, 0.717) is 10.8 Å². The summed E-state index contributed by atoms with van der Waals surface area (Å²) in [6.07, 6.45) is 0.810. The fourth-order valence-corrected chi connectivity index (χ4v) is 3.37. The smallest absolute Gasteiger partial charge is 0.257 e. The van der Waals surface area contributed by atoms with Gasteiger partial charge in [-0.2, -0.15) is 0 Å². The lowest BCUT2D eigenvalue weighted by molar-refractivity contribution is -0.123. The van der Waals surface area contributed by atoms with Gasteiger partial charge in [0.1, 0.15) is 5.75 Å². The van der Waals surface area contributed by atoms with Crippen LogP contribution in [-0.2, 0) is 21.2 Å². The summed E-state index contributed by atoms with van der Waals surface area (Å²) in [4.78, 5) is 11.9. The molecular weight excluding hydrogens is 376 g/mol. The molecule has 2 aromatic carbocycles. The van der Waals surface area contributed by atoms with Crippen molar-refractivity contribution < 1.29 is 17.9 Å². The van der Waals surface area contributed by atoms with Crippen LogP contribution in [0.1, 0.15) is 12.5 Å². The first-order valence-electron chi connectivity index (χ1n) is 8.15. The molecule has 0 aliphatic heterocycles. The third-order valence-electron chi connectivity index (χ3n) is 3.58.